The van der Waals surface area contributed by atoms with Crippen molar-refractivity contribution in [3.8, 4) is 11.5 Å². The van der Waals surface area contributed by atoms with E-state index in [-0.39, 0.29) is 5.75 Å². The van der Waals surface area contributed by atoms with Crippen LogP contribution in [-0.2, 0) is 9.59 Å². The first-order chi connectivity index (χ1) is 16.3. The molecule has 0 atom stereocenters. The van der Waals surface area contributed by atoms with Crippen molar-refractivity contribution in [3.63, 3.8) is 0 Å². The molecule has 0 saturated heterocycles. The zero-order valence-corrected chi connectivity index (χ0v) is 19.3. The third-order valence-electron chi connectivity index (χ3n) is 4.90. The fraction of sp³-hybridized carbons (Fsp3) is 0.154. The number of methoxy groups -OCH3 is 1. The second-order valence-corrected chi connectivity index (χ2v) is 7.64. The van der Waals surface area contributed by atoms with Crippen molar-refractivity contribution >= 4 is 29.7 Å². The van der Waals surface area contributed by atoms with Crippen LogP contribution < -0.4 is 20.2 Å². The third kappa shape index (κ3) is 6.29. The number of anilines is 1. The summed E-state index contributed by atoms with van der Waals surface area (Å²) in [6.45, 7) is 5.65. The average molecular weight is 460 g/mol. The Bertz CT molecular complexity index is 1250. The van der Waals surface area contributed by atoms with Gasteiger partial charge in [0, 0.05) is 5.69 Å². The van der Waals surface area contributed by atoms with Crippen molar-refractivity contribution in [2.45, 2.75) is 20.8 Å². The zero-order chi connectivity index (χ0) is 24.7. The smallest absolute Gasteiger partial charge is 0.343 e. The molecule has 0 aliphatic rings. The predicted octanol–water partition coefficient (Wildman–Crippen LogP) is 3.93. The van der Waals surface area contributed by atoms with Crippen molar-refractivity contribution < 1.29 is 23.9 Å². The molecule has 0 bridgehead atoms. The van der Waals surface area contributed by atoms with E-state index in [0.717, 1.165) is 16.7 Å². The van der Waals surface area contributed by atoms with Gasteiger partial charge in [-0.2, -0.15) is 5.10 Å². The number of hydrogen-bond donors (Lipinski definition) is 2. The molecule has 0 spiro atoms. The molecular formula is C26H25N3O5. The Kier molecular flexibility index (Phi) is 7.76. The lowest BCUT2D eigenvalue weighted by Crippen LogP contribution is -2.32. The number of hydrazone groups is 1. The van der Waals surface area contributed by atoms with Gasteiger partial charge in [0.2, 0.25) is 0 Å². The molecule has 0 heterocycles. The highest BCUT2D eigenvalue weighted by Crippen LogP contribution is 2.28. The molecule has 3 aromatic rings. The molecule has 0 saturated carbocycles. The van der Waals surface area contributed by atoms with Crippen LogP contribution in [0.4, 0.5) is 5.69 Å². The van der Waals surface area contributed by atoms with Crippen LogP contribution in [0.5, 0.6) is 11.5 Å². The molecule has 8 heteroatoms. The Morgan fingerprint density at radius 1 is 0.824 bits per heavy atom. The summed E-state index contributed by atoms with van der Waals surface area (Å²) in [4.78, 5) is 36.6. The molecule has 0 aromatic heterocycles. The first-order valence-corrected chi connectivity index (χ1v) is 10.5. The summed E-state index contributed by atoms with van der Waals surface area (Å²) < 4.78 is 10.7. The number of esters is 1. The molecule has 0 radical (unpaired) electrons. The fourth-order valence-corrected chi connectivity index (χ4v) is 2.96. The van der Waals surface area contributed by atoms with Crippen molar-refractivity contribution in [1.29, 1.82) is 0 Å². The van der Waals surface area contributed by atoms with E-state index < -0.39 is 17.8 Å². The Labute approximate surface area is 197 Å². The van der Waals surface area contributed by atoms with E-state index in [1.165, 1.54) is 13.3 Å². The van der Waals surface area contributed by atoms with Crippen LogP contribution in [-0.4, -0.2) is 31.1 Å². The van der Waals surface area contributed by atoms with E-state index in [9.17, 15) is 14.4 Å². The SMILES string of the molecule is COc1cc(C=NNC(=O)C(=O)Nc2cc(C)ccc2C)ccc1OC(=O)c1ccc(C)cc1. The number of rotatable bonds is 6. The maximum absolute atomic E-state index is 12.4. The van der Waals surface area contributed by atoms with Gasteiger partial charge in [-0.05, 0) is 73.9 Å². The molecule has 0 aliphatic carbocycles. The van der Waals surface area contributed by atoms with Crippen LogP contribution in [0.1, 0.15) is 32.6 Å². The maximum Gasteiger partial charge on any atom is 0.343 e. The van der Waals surface area contributed by atoms with Crippen molar-refractivity contribution in [2.24, 2.45) is 5.10 Å². The second-order valence-electron chi connectivity index (χ2n) is 7.64. The summed E-state index contributed by atoms with van der Waals surface area (Å²) in [7, 11) is 1.44. The molecule has 3 rings (SSSR count). The number of amides is 2. The highest BCUT2D eigenvalue weighted by molar-refractivity contribution is 6.39. The van der Waals surface area contributed by atoms with Crippen molar-refractivity contribution in [2.75, 3.05) is 12.4 Å². The minimum atomic E-state index is -0.909. The van der Waals surface area contributed by atoms with Gasteiger partial charge in [0.1, 0.15) is 0 Å². The Morgan fingerprint density at radius 3 is 2.24 bits per heavy atom. The quantitative estimate of drug-likeness (QED) is 0.191. The lowest BCUT2D eigenvalue weighted by atomic mass is 10.1. The molecule has 174 valence electrons. The molecule has 2 amide bonds. The van der Waals surface area contributed by atoms with E-state index in [1.807, 2.05) is 45.0 Å². The van der Waals surface area contributed by atoms with Gasteiger partial charge in [0.15, 0.2) is 11.5 Å². The molecule has 0 fully saturated rings. The van der Waals surface area contributed by atoms with Crippen LogP contribution in [0.15, 0.2) is 65.8 Å². The van der Waals surface area contributed by atoms with Crippen molar-refractivity contribution in [3.05, 3.63) is 88.5 Å². The molecule has 2 N–H and O–H groups in total. The number of nitrogens with one attached hydrogen (secondary N) is 2. The number of aryl methyl sites for hydroxylation is 3. The summed E-state index contributed by atoms with van der Waals surface area (Å²) in [5.41, 5.74) is 6.55. The Balaban J connectivity index is 1.61. The largest absolute Gasteiger partial charge is 0.493 e. The number of ether oxygens (including phenoxy) is 2. The van der Waals surface area contributed by atoms with Gasteiger partial charge in [-0.1, -0.05) is 29.8 Å². The van der Waals surface area contributed by atoms with Gasteiger partial charge in [0.25, 0.3) is 0 Å². The Hall–Kier alpha value is -4.46. The summed E-state index contributed by atoms with van der Waals surface area (Å²) in [5.74, 6) is -1.71. The van der Waals surface area contributed by atoms with Gasteiger partial charge < -0.3 is 14.8 Å². The minimum absolute atomic E-state index is 0.238. The number of benzene rings is 3. The third-order valence-corrected chi connectivity index (χ3v) is 4.90. The normalized spacial score (nSPS) is 10.6. The van der Waals surface area contributed by atoms with Gasteiger partial charge in [-0.25, -0.2) is 10.2 Å². The summed E-state index contributed by atoms with van der Waals surface area (Å²) in [5, 5.41) is 6.38. The lowest BCUT2D eigenvalue weighted by molar-refractivity contribution is -0.136. The predicted molar refractivity (Wildman–Crippen MR) is 129 cm³/mol. The number of nitrogens with zero attached hydrogens (tertiary/aromatic N) is 1. The minimum Gasteiger partial charge on any atom is -0.493 e. The van der Waals surface area contributed by atoms with E-state index in [4.69, 9.17) is 9.47 Å². The van der Waals surface area contributed by atoms with Gasteiger partial charge >= 0.3 is 17.8 Å². The molecule has 3 aromatic carbocycles. The van der Waals surface area contributed by atoms with E-state index >= 15 is 0 Å². The van der Waals surface area contributed by atoms with Crippen LogP contribution in [0, 0.1) is 20.8 Å². The van der Waals surface area contributed by atoms with Crippen LogP contribution >= 0.6 is 0 Å². The van der Waals surface area contributed by atoms with E-state index in [2.05, 4.69) is 15.8 Å². The zero-order valence-electron chi connectivity index (χ0n) is 19.3. The van der Waals surface area contributed by atoms with Gasteiger partial charge in [-0.3, -0.25) is 9.59 Å². The maximum atomic E-state index is 12.4. The molecule has 8 nitrogen and oxygen atoms in total. The van der Waals surface area contributed by atoms with Crippen LogP contribution in [0.3, 0.4) is 0 Å². The number of hydrogen-bond acceptors (Lipinski definition) is 6. The summed E-state index contributed by atoms with van der Waals surface area (Å²) in [6.07, 6.45) is 1.34. The topological polar surface area (TPSA) is 106 Å². The van der Waals surface area contributed by atoms with Gasteiger partial charge in [-0.15, -0.1) is 0 Å². The molecule has 0 aliphatic heterocycles. The van der Waals surface area contributed by atoms with E-state index in [0.29, 0.717) is 22.6 Å². The standard InChI is InChI=1S/C26H25N3O5/c1-16-6-10-20(11-7-16)26(32)34-22-12-9-19(14-23(22)33-4)15-27-29-25(31)24(30)28-21-13-17(2)5-8-18(21)3/h5-15H,1-4H3,(H,28,30)(H,29,31). The van der Waals surface area contributed by atoms with Crippen LogP contribution in [0.2, 0.25) is 0 Å². The molecular weight excluding hydrogens is 434 g/mol. The Morgan fingerprint density at radius 2 is 1.53 bits per heavy atom. The van der Waals surface area contributed by atoms with Gasteiger partial charge in [0.05, 0.1) is 18.9 Å². The number of carbonyl (C=O) groups is 3. The average Bonchev–Trinajstić information content (AvgIpc) is 2.82. The first-order valence-electron chi connectivity index (χ1n) is 10.5. The van der Waals surface area contributed by atoms with E-state index in [1.54, 1.807) is 36.4 Å². The molecule has 34 heavy (non-hydrogen) atoms. The van der Waals surface area contributed by atoms with Crippen molar-refractivity contribution in [1.82, 2.24) is 5.43 Å². The molecule has 0 unspecified atom stereocenters. The highest BCUT2D eigenvalue weighted by atomic mass is 16.6. The second kappa shape index (κ2) is 10.9. The summed E-state index contributed by atoms with van der Waals surface area (Å²) >= 11 is 0. The highest BCUT2D eigenvalue weighted by Gasteiger charge is 2.15. The number of carbonyl (C=O) groups excluding carboxylic acids is 3. The fourth-order valence-electron chi connectivity index (χ4n) is 2.96. The first kappa shape index (κ1) is 24.2. The van der Waals surface area contributed by atoms with Crippen LogP contribution in [0.25, 0.3) is 0 Å². The lowest BCUT2D eigenvalue weighted by Gasteiger charge is -2.10. The summed E-state index contributed by atoms with van der Waals surface area (Å²) in [6, 6.07) is 17.3. The monoisotopic (exact) mass is 459 g/mol.